The van der Waals surface area contributed by atoms with Gasteiger partial charge in [-0.1, -0.05) is 37.6 Å². The lowest BCUT2D eigenvalue weighted by atomic mass is 10.1. The van der Waals surface area contributed by atoms with Crippen LogP contribution in [-0.4, -0.2) is 25.2 Å². The molecule has 0 radical (unpaired) electrons. The zero-order valence-electron chi connectivity index (χ0n) is 16.6. The second-order valence-electron chi connectivity index (χ2n) is 6.92. The van der Waals surface area contributed by atoms with Crippen molar-refractivity contribution in [3.05, 3.63) is 70.4 Å². The molecule has 0 spiro atoms. The molecule has 30 heavy (non-hydrogen) atoms. The summed E-state index contributed by atoms with van der Waals surface area (Å²) in [4.78, 5) is 2.46. The second-order valence-corrected chi connectivity index (χ2v) is 10.6. The Labute approximate surface area is 184 Å². The molecule has 2 N–H and O–H groups in total. The molecule has 5 nitrogen and oxygen atoms in total. The lowest BCUT2D eigenvalue weighted by Crippen LogP contribution is -2.26. The maximum Gasteiger partial charge on any atom is 0.240 e. The number of thiophene rings is 2. The fourth-order valence-corrected chi connectivity index (χ4v) is 5.89. The summed E-state index contributed by atoms with van der Waals surface area (Å²) < 4.78 is 28.2. The van der Waals surface area contributed by atoms with Crippen molar-refractivity contribution in [3.63, 3.8) is 0 Å². The van der Waals surface area contributed by atoms with Crippen LogP contribution < -0.4 is 4.72 Å². The summed E-state index contributed by atoms with van der Waals surface area (Å²) in [5, 5.41) is 11.7. The SMILES string of the molecule is CCCc1ccc(S(=O)(=O)NCCc2c(-c3cccs3)n[nH]c2-c2cccs2)cc1. The predicted molar refractivity (Wildman–Crippen MR) is 125 cm³/mol. The first kappa shape index (κ1) is 21.0. The Hall–Kier alpha value is -2.26. The number of benzene rings is 1. The second kappa shape index (κ2) is 9.26. The lowest BCUT2D eigenvalue weighted by molar-refractivity contribution is 0.581. The zero-order valence-corrected chi connectivity index (χ0v) is 19.0. The van der Waals surface area contributed by atoms with E-state index >= 15 is 0 Å². The molecule has 0 aliphatic heterocycles. The van der Waals surface area contributed by atoms with Crippen molar-refractivity contribution < 1.29 is 8.42 Å². The van der Waals surface area contributed by atoms with Gasteiger partial charge >= 0.3 is 0 Å². The molecule has 0 bridgehead atoms. The maximum absolute atomic E-state index is 12.7. The van der Waals surface area contributed by atoms with Crippen LogP contribution in [0.15, 0.2) is 64.2 Å². The van der Waals surface area contributed by atoms with E-state index in [4.69, 9.17) is 0 Å². The first-order valence-electron chi connectivity index (χ1n) is 9.82. The molecule has 3 aromatic heterocycles. The quantitative estimate of drug-likeness (QED) is 0.356. The minimum Gasteiger partial charge on any atom is -0.276 e. The van der Waals surface area contributed by atoms with Crippen LogP contribution >= 0.6 is 22.7 Å². The highest BCUT2D eigenvalue weighted by Crippen LogP contribution is 2.34. The van der Waals surface area contributed by atoms with Crippen LogP contribution in [0.4, 0.5) is 0 Å². The first-order valence-corrected chi connectivity index (χ1v) is 13.1. The summed E-state index contributed by atoms with van der Waals surface area (Å²) >= 11 is 3.26. The van der Waals surface area contributed by atoms with E-state index in [1.807, 2.05) is 47.2 Å². The van der Waals surface area contributed by atoms with Crippen molar-refractivity contribution in [2.45, 2.75) is 31.1 Å². The van der Waals surface area contributed by atoms with Crippen molar-refractivity contribution in [3.8, 4) is 21.1 Å². The monoisotopic (exact) mass is 457 g/mol. The van der Waals surface area contributed by atoms with Crippen molar-refractivity contribution >= 4 is 32.7 Å². The van der Waals surface area contributed by atoms with Crippen LogP contribution in [0.2, 0.25) is 0 Å². The minimum atomic E-state index is -3.55. The molecule has 0 fully saturated rings. The Morgan fingerprint density at radius 3 is 2.30 bits per heavy atom. The maximum atomic E-state index is 12.7. The molecule has 4 aromatic rings. The van der Waals surface area contributed by atoms with E-state index in [2.05, 4.69) is 21.8 Å². The Balaban J connectivity index is 1.52. The minimum absolute atomic E-state index is 0.298. The van der Waals surface area contributed by atoms with E-state index < -0.39 is 10.0 Å². The van der Waals surface area contributed by atoms with Crippen molar-refractivity contribution in [1.29, 1.82) is 0 Å². The number of H-pyrrole nitrogens is 1. The molecule has 1 aromatic carbocycles. The topological polar surface area (TPSA) is 74.8 Å². The molecule has 0 aliphatic rings. The van der Waals surface area contributed by atoms with Gasteiger partial charge in [0.25, 0.3) is 0 Å². The zero-order chi connectivity index (χ0) is 21.0. The van der Waals surface area contributed by atoms with Gasteiger partial charge in [0, 0.05) is 12.1 Å². The van der Waals surface area contributed by atoms with Crippen LogP contribution in [0.5, 0.6) is 0 Å². The van der Waals surface area contributed by atoms with Gasteiger partial charge < -0.3 is 0 Å². The lowest BCUT2D eigenvalue weighted by Gasteiger charge is -2.09. The fourth-order valence-electron chi connectivity index (χ4n) is 3.37. The Kier molecular flexibility index (Phi) is 6.48. The highest BCUT2D eigenvalue weighted by molar-refractivity contribution is 7.89. The highest BCUT2D eigenvalue weighted by Gasteiger charge is 2.19. The summed E-state index contributed by atoms with van der Waals surface area (Å²) in [6.45, 7) is 2.41. The van der Waals surface area contributed by atoms with Gasteiger partial charge in [0.05, 0.1) is 20.3 Å². The Bertz CT molecular complexity index is 1130. The third kappa shape index (κ3) is 4.57. The Morgan fingerprint density at radius 1 is 0.967 bits per heavy atom. The number of nitrogens with zero attached hydrogens (tertiary/aromatic N) is 1. The van der Waals surface area contributed by atoms with E-state index in [0.29, 0.717) is 17.9 Å². The van der Waals surface area contributed by atoms with E-state index in [9.17, 15) is 8.42 Å². The van der Waals surface area contributed by atoms with E-state index in [1.165, 1.54) is 0 Å². The predicted octanol–water partition coefficient (Wildman–Crippen LogP) is 5.34. The molecule has 156 valence electrons. The van der Waals surface area contributed by atoms with Crippen molar-refractivity contribution in [2.24, 2.45) is 0 Å². The largest absolute Gasteiger partial charge is 0.276 e. The number of aryl methyl sites for hydroxylation is 1. The number of rotatable bonds is 9. The third-order valence-electron chi connectivity index (χ3n) is 4.83. The summed E-state index contributed by atoms with van der Waals surface area (Å²) in [7, 11) is -3.55. The standard InChI is InChI=1S/C22H23N3O2S3/c1-2-5-16-8-10-17(11-9-16)30(26,27)23-13-12-18-21(19-6-3-14-28-19)24-25-22(18)20-7-4-15-29-20/h3-4,6-11,14-15,23H,2,5,12-13H2,1H3,(H,24,25). The van der Waals surface area contributed by atoms with Gasteiger partial charge in [-0.25, -0.2) is 13.1 Å². The van der Waals surface area contributed by atoms with Crippen molar-refractivity contribution in [2.75, 3.05) is 6.54 Å². The van der Waals surface area contributed by atoms with E-state index in [0.717, 1.165) is 45.1 Å². The molecule has 8 heteroatoms. The molecule has 4 rings (SSSR count). The third-order valence-corrected chi connectivity index (χ3v) is 8.07. The molecular formula is C22H23N3O2S3. The average molecular weight is 458 g/mol. The van der Waals surface area contributed by atoms with Gasteiger partial charge in [0.15, 0.2) is 0 Å². The van der Waals surface area contributed by atoms with E-state index in [-0.39, 0.29) is 0 Å². The number of aromatic nitrogens is 2. The first-order chi connectivity index (χ1) is 14.6. The van der Waals surface area contributed by atoms with Crippen LogP contribution in [-0.2, 0) is 22.9 Å². The summed E-state index contributed by atoms with van der Waals surface area (Å²) in [5.74, 6) is 0. The molecule has 0 aliphatic carbocycles. The molecule has 0 saturated heterocycles. The van der Waals surface area contributed by atoms with Gasteiger partial charge in [-0.05, 0) is 53.4 Å². The number of sulfonamides is 1. The molecule has 0 saturated carbocycles. The summed E-state index contributed by atoms with van der Waals surface area (Å²) in [6, 6.07) is 15.2. The molecular weight excluding hydrogens is 434 g/mol. The number of hydrogen-bond donors (Lipinski definition) is 2. The van der Waals surface area contributed by atoms with Crippen LogP contribution in [0.1, 0.15) is 24.5 Å². The molecule has 0 unspecified atom stereocenters. The number of nitrogens with one attached hydrogen (secondary N) is 2. The van der Waals surface area contributed by atoms with Gasteiger partial charge in [-0.2, -0.15) is 5.10 Å². The molecule has 0 amide bonds. The summed E-state index contributed by atoms with van der Waals surface area (Å²) in [5.41, 5.74) is 4.02. The van der Waals surface area contributed by atoms with E-state index in [1.54, 1.807) is 34.8 Å². The van der Waals surface area contributed by atoms with Gasteiger partial charge in [0.1, 0.15) is 5.69 Å². The fraction of sp³-hybridized carbons (Fsp3) is 0.227. The number of hydrogen-bond acceptors (Lipinski definition) is 5. The smallest absolute Gasteiger partial charge is 0.240 e. The molecule has 0 atom stereocenters. The summed E-state index contributed by atoms with van der Waals surface area (Å²) in [6.07, 6.45) is 2.53. The van der Waals surface area contributed by atoms with Gasteiger partial charge in [-0.3, -0.25) is 5.10 Å². The van der Waals surface area contributed by atoms with Crippen LogP contribution in [0, 0.1) is 0 Å². The van der Waals surface area contributed by atoms with Crippen LogP contribution in [0.25, 0.3) is 21.1 Å². The normalized spacial score (nSPS) is 11.8. The van der Waals surface area contributed by atoms with Crippen molar-refractivity contribution in [1.82, 2.24) is 14.9 Å². The Morgan fingerprint density at radius 2 is 1.67 bits per heavy atom. The number of aromatic amines is 1. The van der Waals surface area contributed by atoms with Crippen LogP contribution in [0.3, 0.4) is 0 Å². The average Bonchev–Trinajstić information content (AvgIpc) is 3.49. The van der Waals surface area contributed by atoms with Gasteiger partial charge in [0.2, 0.25) is 10.0 Å². The highest BCUT2D eigenvalue weighted by atomic mass is 32.2. The molecule has 3 heterocycles. The van der Waals surface area contributed by atoms with Gasteiger partial charge in [-0.15, -0.1) is 22.7 Å².